The van der Waals surface area contributed by atoms with Crippen LogP contribution in [0.25, 0.3) is 11.1 Å². The van der Waals surface area contributed by atoms with Gasteiger partial charge >= 0.3 is 12.2 Å². The van der Waals surface area contributed by atoms with Gasteiger partial charge in [-0.15, -0.1) is 0 Å². The summed E-state index contributed by atoms with van der Waals surface area (Å²) in [6, 6.07) is 6.75. The highest BCUT2D eigenvalue weighted by Crippen LogP contribution is 2.33. The Hall–Kier alpha value is -3.53. The quantitative estimate of drug-likeness (QED) is 0.417. The maximum Gasteiger partial charge on any atom is 0.416 e. The first-order chi connectivity index (χ1) is 14.1. The molecular weight excluding hydrogens is 428 g/mol. The molecule has 3 aromatic rings. The van der Waals surface area contributed by atoms with Crippen molar-refractivity contribution in [3.8, 4) is 11.1 Å². The number of anilines is 2. The highest BCUT2D eigenvalue weighted by molar-refractivity contribution is 6.34. The second-order valence-corrected chi connectivity index (χ2v) is 6.51. The van der Waals surface area contributed by atoms with E-state index in [1.165, 1.54) is 18.3 Å². The van der Waals surface area contributed by atoms with Gasteiger partial charge in [-0.25, -0.2) is 9.18 Å². The highest BCUT2D eigenvalue weighted by Gasteiger charge is 2.31. The molecule has 11 heteroatoms. The van der Waals surface area contributed by atoms with Crippen molar-refractivity contribution in [3.63, 3.8) is 0 Å². The third-order valence-electron chi connectivity index (χ3n) is 4.05. The molecule has 0 saturated heterocycles. The Labute approximate surface area is 172 Å². The summed E-state index contributed by atoms with van der Waals surface area (Å²) in [5.74, 6) is -1.73. The van der Waals surface area contributed by atoms with Crippen molar-refractivity contribution in [1.82, 2.24) is 4.98 Å². The van der Waals surface area contributed by atoms with E-state index >= 15 is 0 Å². The van der Waals surface area contributed by atoms with E-state index in [-0.39, 0.29) is 16.4 Å². The molecule has 1 aromatic heterocycles. The van der Waals surface area contributed by atoms with Crippen molar-refractivity contribution < 1.29 is 27.2 Å². The predicted octanol–water partition coefficient (Wildman–Crippen LogP) is 5.24. The molecule has 6 nitrogen and oxygen atoms in total. The standard InChI is InChI=1S/C19H13ClF4N4O2/c20-12-8-26-16(17(25)29)15(12)9-1-4-11(5-2-9)27-18(30)28-14-7-10(19(22,23)24)3-6-13(14)21/h1-8,26H,(H2,25,29)(H2,27,28,30). The second kappa shape index (κ2) is 8.07. The lowest BCUT2D eigenvalue weighted by molar-refractivity contribution is -0.137. The van der Waals surface area contributed by atoms with Gasteiger partial charge in [-0.3, -0.25) is 4.79 Å². The van der Waals surface area contributed by atoms with Crippen molar-refractivity contribution in [2.75, 3.05) is 10.6 Å². The van der Waals surface area contributed by atoms with Crippen LogP contribution in [0.4, 0.5) is 33.7 Å². The van der Waals surface area contributed by atoms with Gasteiger partial charge in [0.2, 0.25) is 0 Å². The molecule has 3 amide bonds. The fourth-order valence-electron chi connectivity index (χ4n) is 2.68. The number of nitrogens with one attached hydrogen (secondary N) is 3. The highest BCUT2D eigenvalue weighted by atomic mass is 35.5. The normalized spacial score (nSPS) is 11.2. The third-order valence-corrected chi connectivity index (χ3v) is 4.35. The number of carbonyl (C=O) groups excluding carboxylic acids is 2. The number of carbonyl (C=O) groups is 2. The summed E-state index contributed by atoms with van der Waals surface area (Å²) in [6.45, 7) is 0. The summed E-state index contributed by atoms with van der Waals surface area (Å²) < 4.78 is 52.0. The van der Waals surface area contributed by atoms with E-state index in [1.807, 2.05) is 5.32 Å². The minimum Gasteiger partial charge on any atom is -0.364 e. The zero-order valence-corrected chi connectivity index (χ0v) is 15.7. The van der Waals surface area contributed by atoms with Gasteiger partial charge in [-0.05, 0) is 35.9 Å². The van der Waals surface area contributed by atoms with Crippen LogP contribution in [0.5, 0.6) is 0 Å². The van der Waals surface area contributed by atoms with Crippen LogP contribution in [-0.2, 0) is 6.18 Å². The van der Waals surface area contributed by atoms with Gasteiger partial charge in [0.1, 0.15) is 11.5 Å². The fourth-order valence-corrected chi connectivity index (χ4v) is 2.94. The molecule has 0 bridgehead atoms. The van der Waals surface area contributed by atoms with Gasteiger partial charge < -0.3 is 21.4 Å². The van der Waals surface area contributed by atoms with Crippen molar-refractivity contribution >= 4 is 34.9 Å². The zero-order valence-electron chi connectivity index (χ0n) is 14.9. The number of halogens is 5. The van der Waals surface area contributed by atoms with Crippen LogP contribution in [-0.4, -0.2) is 16.9 Å². The maximum atomic E-state index is 13.7. The summed E-state index contributed by atoms with van der Waals surface area (Å²) in [4.78, 5) is 26.2. The summed E-state index contributed by atoms with van der Waals surface area (Å²) in [5.41, 5.74) is 4.85. The molecule has 0 saturated carbocycles. The Bertz CT molecular complexity index is 1110. The molecule has 156 valence electrons. The molecule has 0 atom stereocenters. The molecule has 5 N–H and O–H groups in total. The number of nitrogens with two attached hydrogens (primary N) is 1. The molecule has 3 rings (SSSR count). The van der Waals surface area contributed by atoms with E-state index in [1.54, 1.807) is 12.1 Å². The molecule has 30 heavy (non-hydrogen) atoms. The molecule has 2 aromatic carbocycles. The predicted molar refractivity (Wildman–Crippen MR) is 104 cm³/mol. The molecule has 0 spiro atoms. The number of primary amides is 1. The van der Waals surface area contributed by atoms with E-state index in [0.29, 0.717) is 29.3 Å². The Morgan fingerprint density at radius 3 is 2.30 bits per heavy atom. The van der Waals surface area contributed by atoms with Crippen LogP contribution in [0.2, 0.25) is 5.02 Å². The number of amides is 3. The molecule has 0 aliphatic carbocycles. The summed E-state index contributed by atoms with van der Waals surface area (Å²) in [7, 11) is 0. The summed E-state index contributed by atoms with van der Waals surface area (Å²) in [6.07, 6.45) is -3.28. The number of urea groups is 1. The second-order valence-electron chi connectivity index (χ2n) is 6.10. The van der Waals surface area contributed by atoms with Crippen molar-refractivity contribution in [2.45, 2.75) is 6.18 Å². The van der Waals surface area contributed by atoms with E-state index in [4.69, 9.17) is 17.3 Å². The lowest BCUT2D eigenvalue weighted by Gasteiger charge is -2.12. The number of rotatable bonds is 4. The first kappa shape index (κ1) is 21.2. The van der Waals surface area contributed by atoms with E-state index in [2.05, 4.69) is 10.3 Å². The van der Waals surface area contributed by atoms with Gasteiger partial charge in [0.05, 0.1) is 16.3 Å². The lowest BCUT2D eigenvalue weighted by Crippen LogP contribution is -2.20. The Kier molecular flexibility index (Phi) is 5.70. The van der Waals surface area contributed by atoms with Crippen molar-refractivity contribution in [1.29, 1.82) is 0 Å². The number of alkyl halides is 3. The van der Waals surface area contributed by atoms with Crippen molar-refractivity contribution in [3.05, 3.63) is 70.8 Å². The molecule has 0 aliphatic heterocycles. The number of aromatic amines is 1. The van der Waals surface area contributed by atoms with E-state index in [0.717, 1.165) is 0 Å². The molecule has 0 unspecified atom stereocenters. The third kappa shape index (κ3) is 4.54. The Balaban J connectivity index is 1.75. The van der Waals surface area contributed by atoms with Crippen LogP contribution >= 0.6 is 11.6 Å². The molecule has 0 fully saturated rings. The van der Waals surface area contributed by atoms with Gasteiger partial charge in [-0.1, -0.05) is 23.7 Å². The SMILES string of the molecule is NC(=O)c1[nH]cc(Cl)c1-c1ccc(NC(=O)Nc2cc(C(F)(F)F)ccc2F)cc1. The first-order valence-electron chi connectivity index (χ1n) is 8.28. The Morgan fingerprint density at radius 2 is 1.70 bits per heavy atom. The summed E-state index contributed by atoms with van der Waals surface area (Å²) >= 11 is 6.06. The van der Waals surface area contributed by atoms with Gasteiger partial charge in [-0.2, -0.15) is 13.2 Å². The van der Waals surface area contributed by atoms with Crippen LogP contribution in [0.3, 0.4) is 0 Å². The van der Waals surface area contributed by atoms with Gasteiger partial charge in [0.25, 0.3) is 5.91 Å². The average molecular weight is 441 g/mol. The fraction of sp³-hybridized carbons (Fsp3) is 0.0526. The van der Waals surface area contributed by atoms with Crippen LogP contribution < -0.4 is 16.4 Å². The number of hydrogen-bond donors (Lipinski definition) is 4. The number of hydrogen-bond acceptors (Lipinski definition) is 2. The maximum absolute atomic E-state index is 13.7. The summed E-state index contributed by atoms with van der Waals surface area (Å²) in [5, 5.41) is 4.67. The number of aromatic nitrogens is 1. The first-order valence-corrected chi connectivity index (χ1v) is 8.66. The monoisotopic (exact) mass is 440 g/mol. The lowest BCUT2D eigenvalue weighted by atomic mass is 10.1. The molecule has 0 aliphatic rings. The molecule has 1 heterocycles. The van der Waals surface area contributed by atoms with Gasteiger partial charge in [0.15, 0.2) is 0 Å². The molecule has 0 radical (unpaired) electrons. The minimum atomic E-state index is -4.68. The van der Waals surface area contributed by atoms with Crippen LogP contribution in [0, 0.1) is 5.82 Å². The zero-order chi connectivity index (χ0) is 22.1. The van der Waals surface area contributed by atoms with E-state index in [9.17, 15) is 27.2 Å². The number of H-pyrrole nitrogens is 1. The minimum absolute atomic E-state index is 0.110. The van der Waals surface area contributed by atoms with Crippen molar-refractivity contribution in [2.24, 2.45) is 5.73 Å². The topological polar surface area (TPSA) is 100 Å². The smallest absolute Gasteiger partial charge is 0.364 e. The molecular formula is C19H13ClF4N4O2. The van der Waals surface area contributed by atoms with Crippen LogP contribution in [0.15, 0.2) is 48.7 Å². The largest absolute Gasteiger partial charge is 0.416 e. The van der Waals surface area contributed by atoms with Gasteiger partial charge in [0, 0.05) is 17.4 Å². The van der Waals surface area contributed by atoms with Crippen LogP contribution in [0.1, 0.15) is 16.1 Å². The average Bonchev–Trinajstić information content (AvgIpc) is 3.05. The number of benzene rings is 2. The van der Waals surface area contributed by atoms with E-state index < -0.39 is 35.2 Å². The Morgan fingerprint density at radius 1 is 1.03 bits per heavy atom.